The number of ketones is 1. The molecule has 26 heavy (non-hydrogen) atoms. The minimum Gasteiger partial charge on any atom is -0.507 e. The van der Waals surface area contributed by atoms with Crippen molar-refractivity contribution in [3.8, 4) is 11.5 Å². The molecule has 0 bridgehead atoms. The SMILES string of the molecule is CC(=O)O.Cc1ccc(OCC(=O)C=Cc2cc(C)c(O)c(C)c2)cc1. The molecule has 5 heteroatoms. The van der Waals surface area contributed by atoms with Crippen molar-refractivity contribution in [1.82, 2.24) is 0 Å². The van der Waals surface area contributed by atoms with Crippen LogP contribution in [-0.2, 0) is 9.59 Å². The number of hydrogen-bond donors (Lipinski definition) is 2. The van der Waals surface area contributed by atoms with Crippen LogP contribution in [0.15, 0.2) is 42.5 Å². The molecule has 2 aromatic carbocycles. The summed E-state index contributed by atoms with van der Waals surface area (Å²) in [4.78, 5) is 20.8. The number of aryl methyl sites for hydroxylation is 3. The first-order valence-corrected chi connectivity index (χ1v) is 8.09. The summed E-state index contributed by atoms with van der Waals surface area (Å²) in [5.74, 6) is 0.0406. The Labute approximate surface area is 153 Å². The van der Waals surface area contributed by atoms with Crippen LogP contribution >= 0.6 is 0 Å². The summed E-state index contributed by atoms with van der Waals surface area (Å²) < 4.78 is 5.44. The number of aromatic hydroxyl groups is 1. The van der Waals surface area contributed by atoms with E-state index in [-0.39, 0.29) is 12.4 Å². The van der Waals surface area contributed by atoms with E-state index in [0.717, 1.165) is 29.2 Å². The van der Waals surface area contributed by atoms with E-state index >= 15 is 0 Å². The summed E-state index contributed by atoms with van der Waals surface area (Å²) >= 11 is 0. The van der Waals surface area contributed by atoms with Gasteiger partial charge in [0.15, 0.2) is 12.4 Å². The van der Waals surface area contributed by atoms with E-state index in [4.69, 9.17) is 14.6 Å². The van der Waals surface area contributed by atoms with Gasteiger partial charge in [-0.15, -0.1) is 0 Å². The second-order valence-corrected chi connectivity index (χ2v) is 5.92. The Kier molecular flexibility index (Phi) is 8.09. The topological polar surface area (TPSA) is 83.8 Å². The van der Waals surface area contributed by atoms with E-state index in [9.17, 15) is 9.90 Å². The molecule has 2 aromatic rings. The van der Waals surface area contributed by atoms with Crippen molar-refractivity contribution in [3.63, 3.8) is 0 Å². The van der Waals surface area contributed by atoms with E-state index in [2.05, 4.69) is 0 Å². The Bertz CT molecular complexity index is 762. The smallest absolute Gasteiger partial charge is 0.300 e. The van der Waals surface area contributed by atoms with Gasteiger partial charge < -0.3 is 14.9 Å². The number of carboxylic acid groups (broad SMARTS) is 1. The van der Waals surface area contributed by atoms with Crippen molar-refractivity contribution >= 4 is 17.8 Å². The molecule has 0 aliphatic carbocycles. The molecule has 138 valence electrons. The zero-order chi connectivity index (χ0) is 19.7. The van der Waals surface area contributed by atoms with E-state index in [1.54, 1.807) is 6.08 Å². The van der Waals surface area contributed by atoms with Crippen LogP contribution in [0.3, 0.4) is 0 Å². The zero-order valence-corrected chi connectivity index (χ0v) is 15.4. The Morgan fingerprint density at radius 1 is 1.04 bits per heavy atom. The van der Waals surface area contributed by atoms with Gasteiger partial charge in [-0.1, -0.05) is 23.8 Å². The number of phenolic OH excluding ortho intramolecular Hbond substituents is 1. The van der Waals surface area contributed by atoms with Gasteiger partial charge in [-0.25, -0.2) is 0 Å². The average molecular weight is 356 g/mol. The standard InChI is InChI=1S/C19H20O3.C2H4O2/c1-13-4-8-18(9-5-13)22-12-17(20)7-6-16-10-14(2)19(21)15(3)11-16;1-2(3)4/h4-11,21H,12H2,1-3H3;1H3,(H,3,4). The number of carboxylic acids is 1. The van der Waals surface area contributed by atoms with E-state index < -0.39 is 5.97 Å². The molecule has 0 heterocycles. The summed E-state index contributed by atoms with van der Waals surface area (Å²) in [6.07, 6.45) is 3.24. The second kappa shape index (κ2) is 10.0. The molecule has 0 aromatic heterocycles. The van der Waals surface area contributed by atoms with Gasteiger partial charge in [-0.2, -0.15) is 0 Å². The minimum absolute atomic E-state index is 0.00953. The summed E-state index contributed by atoms with van der Waals surface area (Å²) in [6.45, 7) is 6.76. The average Bonchev–Trinajstić information content (AvgIpc) is 2.56. The fourth-order valence-corrected chi connectivity index (χ4v) is 2.11. The highest BCUT2D eigenvalue weighted by molar-refractivity contribution is 5.94. The Balaban J connectivity index is 0.000000765. The third-order valence-electron chi connectivity index (χ3n) is 3.38. The van der Waals surface area contributed by atoms with Gasteiger partial charge in [0.2, 0.25) is 0 Å². The van der Waals surface area contributed by atoms with Crippen molar-refractivity contribution in [1.29, 1.82) is 0 Å². The largest absolute Gasteiger partial charge is 0.507 e. The molecule has 0 aliphatic heterocycles. The number of hydrogen-bond acceptors (Lipinski definition) is 4. The van der Waals surface area contributed by atoms with Crippen molar-refractivity contribution < 1.29 is 24.5 Å². The zero-order valence-electron chi connectivity index (χ0n) is 15.4. The second-order valence-electron chi connectivity index (χ2n) is 5.92. The minimum atomic E-state index is -0.833. The monoisotopic (exact) mass is 356 g/mol. The van der Waals surface area contributed by atoms with Crippen LogP contribution in [0, 0.1) is 20.8 Å². The summed E-state index contributed by atoms with van der Waals surface area (Å²) in [5, 5.41) is 17.1. The maximum atomic E-state index is 11.8. The molecule has 0 saturated carbocycles. The quantitative estimate of drug-likeness (QED) is 0.789. The van der Waals surface area contributed by atoms with E-state index in [1.165, 1.54) is 6.08 Å². The van der Waals surface area contributed by atoms with Crippen molar-refractivity contribution in [2.45, 2.75) is 27.7 Å². The van der Waals surface area contributed by atoms with Crippen LogP contribution in [0.25, 0.3) is 6.08 Å². The van der Waals surface area contributed by atoms with E-state index in [0.29, 0.717) is 11.5 Å². The van der Waals surface area contributed by atoms with Crippen molar-refractivity contribution in [2.75, 3.05) is 6.61 Å². The molecule has 0 radical (unpaired) electrons. The first-order valence-electron chi connectivity index (χ1n) is 8.09. The highest BCUT2D eigenvalue weighted by Gasteiger charge is 2.03. The Hall–Kier alpha value is -3.08. The fourth-order valence-electron chi connectivity index (χ4n) is 2.11. The van der Waals surface area contributed by atoms with Crippen LogP contribution in [0.5, 0.6) is 11.5 Å². The van der Waals surface area contributed by atoms with Gasteiger partial charge >= 0.3 is 0 Å². The lowest BCUT2D eigenvalue weighted by Crippen LogP contribution is -2.08. The van der Waals surface area contributed by atoms with Gasteiger partial charge in [-0.3, -0.25) is 9.59 Å². The molecule has 0 amide bonds. The van der Waals surface area contributed by atoms with Crippen molar-refractivity contribution in [3.05, 3.63) is 64.7 Å². The number of carbonyl (C=O) groups is 2. The fraction of sp³-hybridized carbons (Fsp3) is 0.238. The van der Waals surface area contributed by atoms with Gasteiger partial charge in [0, 0.05) is 6.92 Å². The summed E-state index contributed by atoms with van der Waals surface area (Å²) in [7, 11) is 0. The van der Waals surface area contributed by atoms with Crippen LogP contribution in [-0.4, -0.2) is 28.6 Å². The molecule has 0 spiro atoms. The van der Waals surface area contributed by atoms with Gasteiger partial charge in [0.25, 0.3) is 5.97 Å². The third-order valence-corrected chi connectivity index (χ3v) is 3.38. The summed E-state index contributed by atoms with van der Waals surface area (Å²) in [5.41, 5.74) is 3.62. The van der Waals surface area contributed by atoms with Crippen molar-refractivity contribution in [2.24, 2.45) is 0 Å². The Morgan fingerprint density at radius 2 is 1.54 bits per heavy atom. The van der Waals surface area contributed by atoms with Gasteiger partial charge in [-0.05, 0) is 67.8 Å². The third kappa shape index (κ3) is 7.66. The number of phenols is 1. The number of benzene rings is 2. The van der Waals surface area contributed by atoms with Gasteiger partial charge in [0.1, 0.15) is 11.5 Å². The van der Waals surface area contributed by atoms with Crippen LogP contribution in [0.2, 0.25) is 0 Å². The predicted octanol–water partition coefficient (Wildman–Crippen LogP) is 4.07. The molecule has 0 saturated heterocycles. The molecule has 0 aliphatic rings. The molecular weight excluding hydrogens is 332 g/mol. The highest BCUT2D eigenvalue weighted by Crippen LogP contribution is 2.23. The molecule has 0 atom stereocenters. The van der Waals surface area contributed by atoms with Gasteiger partial charge in [0.05, 0.1) is 0 Å². The van der Waals surface area contributed by atoms with Crippen LogP contribution in [0.1, 0.15) is 29.2 Å². The normalized spacial score (nSPS) is 10.2. The maximum absolute atomic E-state index is 11.8. The molecule has 5 nitrogen and oxygen atoms in total. The van der Waals surface area contributed by atoms with Crippen LogP contribution < -0.4 is 4.74 Å². The first kappa shape index (κ1) is 21.0. The number of carbonyl (C=O) groups excluding carboxylic acids is 1. The summed E-state index contributed by atoms with van der Waals surface area (Å²) in [6, 6.07) is 11.3. The molecule has 0 unspecified atom stereocenters. The molecular formula is C21H24O5. The number of aliphatic carboxylic acids is 1. The Morgan fingerprint density at radius 3 is 2.04 bits per heavy atom. The highest BCUT2D eigenvalue weighted by atomic mass is 16.5. The van der Waals surface area contributed by atoms with E-state index in [1.807, 2.05) is 57.2 Å². The first-order chi connectivity index (χ1) is 12.2. The lowest BCUT2D eigenvalue weighted by molar-refractivity contribution is -0.134. The predicted molar refractivity (Wildman–Crippen MR) is 102 cm³/mol. The lowest BCUT2D eigenvalue weighted by Gasteiger charge is -2.05. The number of ether oxygens (including phenoxy) is 1. The molecule has 0 fully saturated rings. The molecule has 2 rings (SSSR count). The molecule has 2 N–H and O–H groups in total. The van der Waals surface area contributed by atoms with Crippen LogP contribution in [0.4, 0.5) is 0 Å². The number of rotatable bonds is 5. The maximum Gasteiger partial charge on any atom is 0.300 e. The lowest BCUT2D eigenvalue weighted by atomic mass is 10.1.